The summed E-state index contributed by atoms with van der Waals surface area (Å²) >= 11 is 1.47. The number of hydrogen-bond acceptors (Lipinski definition) is 4. The van der Waals surface area contributed by atoms with E-state index in [0.29, 0.717) is 22.6 Å². The monoisotopic (exact) mass is 364 g/mol. The van der Waals surface area contributed by atoms with E-state index < -0.39 is 21.8 Å². The van der Waals surface area contributed by atoms with Crippen molar-refractivity contribution in [1.82, 2.24) is 0 Å². The molecule has 0 radical (unpaired) electrons. The van der Waals surface area contributed by atoms with Crippen LogP contribution < -0.4 is 10.0 Å². The van der Waals surface area contributed by atoms with Gasteiger partial charge < -0.3 is 5.73 Å². The number of carbonyl (C=O) groups is 1. The van der Waals surface area contributed by atoms with E-state index in [-0.39, 0.29) is 6.04 Å². The van der Waals surface area contributed by atoms with Crippen molar-refractivity contribution < 1.29 is 13.2 Å². The van der Waals surface area contributed by atoms with E-state index in [1.807, 2.05) is 20.8 Å². The Kier molecular flexibility index (Phi) is 4.17. The van der Waals surface area contributed by atoms with Gasteiger partial charge in [0.25, 0.3) is 10.0 Å². The minimum Gasteiger partial charge on any atom is -0.369 e. The quantitative estimate of drug-likeness (QED) is 0.909. The summed E-state index contributed by atoms with van der Waals surface area (Å²) in [6, 6.07) is 8.48. The highest BCUT2D eigenvalue weighted by molar-refractivity contribution is 7.93. The van der Waals surface area contributed by atoms with Gasteiger partial charge >= 0.3 is 0 Å². The summed E-state index contributed by atoms with van der Waals surface area (Å²) in [7, 11) is -3.69. The second-order valence-corrected chi connectivity index (χ2v) is 9.42. The lowest BCUT2D eigenvalue weighted by molar-refractivity contribution is -0.119. The zero-order chi connectivity index (χ0) is 17.6. The van der Waals surface area contributed by atoms with E-state index >= 15 is 0 Å². The number of anilines is 1. The highest BCUT2D eigenvalue weighted by Gasteiger charge is 2.40. The van der Waals surface area contributed by atoms with Crippen molar-refractivity contribution in [2.24, 2.45) is 5.73 Å². The number of aryl methyl sites for hydroxylation is 2. The van der Waals surface area contributed by atoms with Crippen LogP contribution in [0.3, 0.4) is 0 Å². The molecule has 128 valence electrons. The third kappa shape index (κ3) is 2.61. The van der Waals surface area contributed by atoms with Crippen LogP contribution in [0.5, 0.6) is 0 Å². The third-order valence-corrected chi connectivity index (χ3v) is 7.55. The van der Waals surface area contributed by atoms with Gasteiger partial charge in [-0.25, -0.2) is 8.42 Å². The number of fused-ring (bicyclic) bond motifs is 1. The molecular weight excluding hydrogens is 344 g/mol. The predicted octanol–water partition coefficient (Wildman–Crippen LogP) is 2.92. The lowest BCUT2D eigenvalue weighted by Crippen LogP contribution is -2.45. The second-order valence-electron chi connectivity index (χ2n) is 6.18. The van der Waals surface area contributed by atoms with Gasteiger partial charge in [-0.3, -0.25) is 9.10 Å². The molecule has 2 aromatic rings. The smallest absolute Gasteiger partial charge is 0.265 e. The maximum Gasteiger partial charge on any atom is 0.265 e. The van der Waals surface area contributed by atoms with E-state index in [9.17, 15) is 13.2 Å². The van der Waals surface area contributed by atoms with Crippen LogP contribution in [-0.2, 0) is 14.8 Å². The normalized spacial score (nSPS) is 20.7. The molecule has 1 aromatic carbocycles. The molecule has 24 heavy (non-hydrogen) atoms. The van der Waals surface area contributed by atoms with Crippen molar-refractivity contribution in [2.45, 2.75) is 44.0 Å². The molecule has 1 aliphatic rings. The van der Waals surface area contributed by atoms with Crippen LogP contribution in [0.1, 0.15) is 34.6 Å². The zero-order valence-corrected chi connectivity index (χ0v) is 15.4. The topological polar surface area (TPSA) is 80.5 Å². The Morgan fingerprint density at radius 2 is 1.96 bits per heavy atom. The molecule has 2 unspecified atom stereocenters. The van der Waals surface area contributed by atoms with Crippen LogP contribution in [0.4, 0.5) is 5.69 Å². The van der Waals surface area contributed by atoms with Crippen LogP contribution in [-0.4, -0.2) is 20.4 Å². The van der Waals surface area contributed by atoms with E-state index in [4.69, 9.17) is 5.73 Å². The predicted molar refractivity (Wildman–Crippen MR) is 95.9 cm³/mol. The molecule has 1 aliphatic heterocycles. The summed E-state index contributed by atoms with van der Waals surface area (Å²) in [5, 5.41) is 0. The summed E-state index contributed by atoms with van der Waals surface area (Å²) in [4.78, 5) is 13.9. The van der Waals surface area contributed by atoms with Crippen LogP contribution in [0.2, 0.25) is 0 Å². The molecule has 2 heterocycles. The Hall–Kier alpha value is -1.86. The van der Waals surface area contributed by atoms with Gasteiger partial charge in [-0.05, 0) is 44.9 Å². The molecule has 0 bridgehead atoms. The van der Waals surface area contributed by atoms with E-state index in [1.165, 1.54) is 15.6 Å². The van der Waals surface area contributed by atoms with Gasteiger partial charge in [-0.2, -0.15) is 0 Å². The summed E-state index contributed by atoms with van der Waals surface area (Å²) in [5.41, 5.74) is 6.75. The summed E-state index contributed by atoms with van der Waals surface area (Å²) in [6.45, 7) is 5.53. The average Bonchev–Trinajstić information content (AvgIpc) is 2.85. The number of amides is 1. The highest BCUT2D eigenvalue weighted by atomic mass is 32.2. The third-order valence-electron chi connectivity index (χ3n) is 4.40. The minimum absolute atomic E-state index is 0.337. The molecule has 2 atom stereocenters. The Labute approximate surface area is 146 Å². The number of sulfonamides is 1. The number of nitrogens with two attached hydrogens (primary N) is 1. The molecular formula is C17H20N2O3S2. The SMILES string of the molecule is Cc1cc(S(=O)(=O)N2c3ccccc3C(C(N)=O)CC2C)c(C)s1. The molecule has 1 aromatic heterocycles. The maximum atomic E-state index is 13.3. The maximum absolute atomic E-state index is 13.3. The molecule has 0 saturated heterocycles. The first kappa shape index (κ1) is 17.0. The van der Waals surface area contributed by atoms with E-state index in [1.54, 1.807) is 30.3 Å². The molecule has 5 nitrogen and oxygen atoms in total. The van der Waals surface area contributed by atoms with Gasteiger partial charge in [0.2, 0.25) is 5.91 Å². The number of rotatable bonds is 3. The van der Waals surface area contributed by atoms with Gasteiger partial charge in [0.1, 0.15) is 4.90 Å². The lowest BCUT2D eigenvalue weighted by atomic mass is 9.87. The fourth-order valence-electron chi connectivity index (χ4n) is 3.39. The molecule has 2 N–H and O–H groups in total. The van der Waals surface area contributed by atoms with Gasteiger partial charge in [-0.1, -0.05) is 18.2 Å². The van der Waals surface area contributed by atoms with Gasteiger partial charge in [0, 0.05) is 15.8 Å². The first-order valence-corrected chi connectivity index (χ1v) is 9.99. The van der Waals surface area contributed by atoms with Crippen molar-refractivity contribution in [2.75, 3.05) is 4.31 Å². The molecule has 3 rings (SSSR count). The Balaban J connectivity index is 2.19. The molecule has 0 saturated carbocycles. The Morgan fingerprint density at radius 3 is 2.54 bits per heavy atom. The van der Waals surface area contributed by atoms with Crippen LogP contribution >= 0.6 is 11.3 Å². The largest absolute Gasteiger partial charge is 0.369 e. The summed E-state index contributed by atoms with van der Waals surface area (Å²) in [5.74, 6) is -0.887. The number of para-hydroxylation sites is 1. The number of benzene rings is 1. The average molecular weight is 364 g/mol. The molecule has 0 aliphatic carbocycles. The number of hydrogen-bond donors (Lipinski definition) is 1. The highest BCUT2D eigenvalue weighted by Crippen LogP contribution is 2.42. The van der Waals surface area contributed by atoms with Gasteiger partial charge in [-0.15, -0.1) is 11.3 Å². The second kappa shape index (κ2) is 5.89. The molecule has 7 heteroatoms. The number of nitrogens with zero attached hydrogens (tertiary/aromatic N) is 1. The van der Waals surface area contributed by atoms with Crippen molar-refractivity contribution in [3.8, 4) is 0 Å². The van der Waals surface area contributed by atoms with Crippen LogP contribution in [0.25, 0.3) is 0 Å². The van der Waals surface area contributed by atoms with Crippen molar-refractivity contribution in [1.29, 1.82) is 0 Å². The first-order chi connectivity index (χ1) is 11.2. The summed E-state index contributed by atoms with van der Waals surface area (Å²) < 4.78 is 28.0. The lowest BCUT2D eigenvalue weighted by Gasteiger charge is -2.38. The van der Waals surface area contributed by atoms with E-state index in [2.05, 4.69) is 0 Å². The Morgan fingerprint density at radius 1 is 1.29 bits per heavy atom. The molecule has 0 spiro atoms. The van der Waals surface area contributed by atoms with E-state index in [0.717, 1.165) is 9.75 Å². The number of primary amides is 1. The minimum atomic E-state index is -3.69. The fraction of sp³-hybridized carbons (Fsp3) is 0.353. The van der Waals surface area contributed by atoms with Crippen molar-refractivity contribution in [3.63, 3.8) is 0 Å². The Bertz CT molecular complexity index is 902. The van der Waals surface area contributed by atoms with Crippen LogP contribution in [0, 0.1) is 13.8 Å². The van der Waals surface area contributed by atoms with Gasteiger partial charge in [0.15, 0.2) is 0 Å². The molecule has 0 fully saturated rings. The zero-order valence-electron chi connectivity index (χ0n) is 13.8. The first-order valence-electron chi connectivity index (χ1n) is 7.73. The van der Waals surface area contributed by atoms with Crippen molar-refractivity contribution in [3.05, 3.63) is 45.6 Å². The number of thiophene rings is 1. The fourth-order valence-corrected chi connectivity index (χ4v) is 6.61. The number of carbonyl (C=O) groups excluding carboxylic acids is 1. The summed E-state index contributed by atoms with van der Waals surface area (Å²) in [6.07, 6.45) is 0.383. The van der Waals surface area contributed by atoms with Gasteiger partial charge in [0.05, 0.1) is 11.6 Å². The standard InChI is InChI=1S/C17H20N2O3S2/c1-10-8-14(17(18)20)13-6-4-5-7-15(13)19(10)24(21,22)16-9-11(2)23-12(16)3/h4-7,9-10,14H,8H2,1-3H3,(H2,18,20). The van der Waals surface area contributed by atoms with Crippen LogP contribution in [0.15, 0.2) is 35.2 Å². The van der Waals surface area contributed by atoms with Crippen molar-refractivity contribution >= 4 is 33.0 Å². The molecule has 1 amide bonds.